The van der Waals surface area contributed by atoms with Crippen molar-refractivity contribution in [3.63, 3.8) is 0 Å². The van der Waals surface area contributed by atoms with Crippen molar-refractivity contribution in [3.05, 3.63) is 70.1 Å². The number of thiazole rings is 1. The van der Waals surface area contributed by atoms with Gasteiger partial charge in [-0.15, -0.1) is 0 Å². The summed E-state index contributed by atoms with van der Waals surface area (Å²) in [4.78, 5) is 17.4. The van der Waals surface area contributed by atoms with Crippen LogP contribution in [0.2, 0.25) is 5.02 Å². The molecule has 0 aliphatic carbocycles. The molecule has 0 aliphatic rings. The number of alkyl halides is 3. The number of halogens is 4. The number of rotatable bonds is 4. The Balaban J connectivity index is 1.61. The molecule has 0 spiro atoms. The third-order valence-corrected chi connectivity index (χ3v) is 5.21. The van der Waals surface area contributed by atoms with E-state index < -0.39 is 11.7 Å². The molecule has 0 aliphatic heterocycles. The fraction of sp³-hybridized carbons (Fsp3) is 0.111. The summed E-state index contributed by atoms with van der Waals surface area (Å²) >= 11 is 7.61. The average Bonchev–Trinajstić information content (AvgIpc) is 3.07. The van der Waals surface area contributed by atoms with E-state index in [9.17, 15) is 13.2 Å². The molecule has 28 heavy (non-hydrogen) atoms. The number of hydrogen-bond donors (Lipinski definition) is 1. The first-order chi connectivity index (χ1) is 13.4. The lowest BCUT2D eigenvalue weighted by Crippen LogP contribution is -2.06. The number of fused-ring (bicyclic) bond motifs is 1. The first kappa shape index (κ1) is 18.6. The van der Waals surface area contributed by atoms with Crippen LogP contribution in [-0.2, 0) is 12.6 Å². The number of hydrogen-bond acceptors (Lipinski definition) is 6. The van der Waals surface area contributed by atoms with Gasteiger partial charge < -0.3 is 5.32 Å². The highest BCUT2D eigenvalue weighted by molar-refractivity contribution is 7.18. The number of anilines is 2. The molecule has 1 N–H and O–H groups in total. The van der Waals surface area contributed by atoms with E-state index in [4.69, 9.17) is 11.6 Å². The zero-order valence-corrected chi connectivity index (χ0v) is 15.6. The van der Waals surface area contributed by atoms with E-state index in [1.807, 2.05) is 24.3 Å². The van der Waals surface area contributed by atoms with Crippen LogP contribution in [-0.4, -0.2) is 19.9 Å². The maximum atomic E-state index is 12.7. The lowest BCUT2D eigenvalue weighted by molar-refractivity contribution is -0.137. The fourth-order valence-corrected chi connectivity index (χ4v) is 3.65. The van der Waals surface area contributed by atoms with Gasteiger partial charge in [0, 0.05) is 17.6 Å². The van der Waals surface area contributed by atoms with Crippen LogP contribution in [0.3, 0.4) is 0 Å². The van der Waals surface area contributed by atoms with Gasteiger partial charge >= 0.3 is 6.18 Å². The zero-order chi connectivity index (χ0) is 19.7. The number of nitrogens with zero attached hydrogens (tertiary/aromatic N) is 4. The van der Waals surface area contributed by atoms with Crippen molar-refractivity contribution in [1.29, 1.82) is 0 Å². The Morgan fingerprint density at radius 3 is 2.57 bits per heavy atom. The van der Waals surface area contributed by atoms with Crippen LogP contribution < -0.4 is 5.32 Å². The zero-order valence-electron chi connectivity index (χ0n) is 14.0. The molecule has 0 atom stereocenters. The summed E-state index contributed by atoms with van der Waals surface area (Å²) in [6.45, 7) is 0. The van der Waals surface area contributed by atoms with Crippen LogP contribution in [0.1, 0.15) is 16.1 Å². The summed E-state index contributed by atoms with van der Waals surface area (Å²) in [7, 11) is 0. The van der Waals surface area contributed by atoms with Gasteiger partial charge in [0.25, 0.3) is 0 Å². The number of nitrogens with one attached hydrogen (secondary N) is 1. The Morgan fingerprint density at radius 2 is 1.86 bits per heavy atom. The minimum Gasteiger partial charge on any atom is -0.323 e. The number of pyridine rings is 1. The Morgan fingerprint density at radius 1 is 1.04 bits per heavy atom. The van der Waals surface area contributed by atoms with E-state index in [2.05, 4.69) is 25.3 Å². The van der Waals surface area contributed by atoms with E-state index in [1.165, 1.54) is 23.7 Å². The third kappa shape index (κ3) is 3.90. The highest BCUT2D eigenvalue weighted by Gasteiger charge is 2.30. The van der Waals surface area contributed by atoms with Crippen molar-refractivity contribution >= 4 is 44.9 Å². The second-order valence-electron chi connectivity index (χ2n) is 5.81. The first-order valence-corrected chi connectivity index (χ1v) is 9.24. The lowest BCUT2D eigenvalue weighted by Gasteiger charge is -2.08. The van der Waals surface area contributed by atoms with Crippen LogP contribution in [0, 0.1) is 0 Å². The topological polar surface area (TPSA) is 63.6 Å². The van der Waals surface area contributed by atoms with E-state index >= 15 is 0 Å². The Bertz CT molecular complexity index is 1130. The van der Waals surface area contributed by atoms with Crippen molar-refractivity contribution in [2.45, 2.75) is 12.6 Å². The molecule has 0 saturated heterocycles. The Kier molecular flexibility index (Phi) is 4.86. The predicted octanol–water partition coefficient (Wildman–Crippen LogP) is 5.49. The molecule has 4 aromatic rings. The maximum absolute atomic E-state index is 12.7. The van der Waals surface area contributed by atoms with Gasteiger partial charge in [-0.05, 0) is 23.8 Å². The van der Waals surface area contributed by atoms with Crippen molar-refractivity contribution in [2.75, 3.05) is 5.32 Å². The van der Waals surface area contributed by atoms with Gasteiger partial charge in [-0.25, -0.2) is 19.9 Å². The van der Waals surface area contributed by atoms with Gasteiger partial charge in [0.2, 0.25) is 0 Å². The minimum atomic E-state index is -4.43. The molecule has 142 valence electrons. The third-order valence-electron chi connectivity index (χ3n) is 3.88. The summed E-state index contributed by atoms with van der Waals surface area (Å²) in [5, 5.41) is 4.35. The number of benzene rings is 1. The van der Waals surface area contributed by atoms with Crippen molar-refractivity contribution in [1.82, 2.24) is 19.9 Å². The van der Waals surface area contributed by atoms with Crippen LogP contribution in [0.5, 0.6) is 0 Å². The van der Waals surface area contributed by atoms with E-state index in [1.54, 1.807) is 0 Å². The molecule has 0 radical (unpaired) electrons. The summed E-state index contributed by atoms with van der Waals surface area (Å²) < 4.78 is 38.0. The van der Waals surface area contributed by atoms with Crippen LogP contribution in [0.15, 0.2) is 48.9 Å². The van der Waals surface area contributed by atoms with Gasteiger partial charge in [0.15, 0.2) is 5.82 Å². The molecule has 0 amide bonds. The molecule has 5 nitrogen and oxygen atoms in total. The maximum Gasteiger partial charge on any atom is 0.417 e. The molecular weight excluding hydrogens is 411 g/mol. The van der Waals surface area contributed by atoms with Crippen molar-refractivity contribution in [2.24, 2.45) is 0 Å². The second-order valence-corrected chi connectivity index (χ2v) is 7.28. The smallest absolute Gasteiger partial charge is 0.323 e. The Labute approximate surface area is 166 Å². The van der Waals surface area contributed by atoms with Gasteiger partial charge in [0.05, 0.1) is 5.56 Å². The number of aromatic nitrogens is 4. The molecule has 1 aromatic carbocycles. The standard InChI is InChI=1S/C18H11ClF3N5S/c19-12-4-2-1-3-10(12)7-14-27-15-16(24-9-25-17(15)28-14)26-13-6-5-11(8-23-13)18(20,21)22/h1-6,8-9H,7H2,(H,23,24,25,26). The molecule has 4 rings (SSSR count). The minimum absolute atomic E-state index is 0.230. The molecule has 3 aromatic heterocycles. The van der Waals surface area contributed by atoms with Crippen molar-refractivity contribution in [3.8, 4) is 0 Å². The van der Waals surface area contributed by atoms with Gasteiger partial charge in [-0.1, -0.05) is 41.1 Å². The molecular formula is C18H11ClF3N5S. The second kappa shape index (κ2) is 7.33. The Hall–Kier alpha value is -2.78. The first-order valence-electron chi connectivity index (χ1n) is 8.04. The quantitative estimate of drug-likeness (QED) is 0.472. The van der Waals surface area contributed by atoms with Crippen LogP contribution in [0.4, 0.5) is 24.8 Å². The van der Waals surface area contributed by atoms with Gasteiger partial charge in [0.1, 0.15) is 27.5 Å². The highest BCUT2D eigenvalue weighted by atomic mass is 35.5. The molecule has 3 heterocycles. The van der Waals surface area contributed by atoms with Crippen molar-refractivity contribution < 1.29 is 13.2 Å². The highest BCUT2D eigenvalue weighted by Crippen LogP contribution is 2.31. The summed E-state index contributed by atoms with van der Waals surface area (Å²) in [5.74, 6) is 0.604. The summed E-state index contributed by atoms with van der Waals surface area (Å²) in [5.41, 5.74) is 0.646. The largest absolute Gasteiger partial charge is 0.417 e. The van der Waals surface area contributed by atoms with Gasteiger partial charge in [-0.3, -0.25) is 0 Å². The molecule has 0 bridgehead atoms. The molecule has 10 heteroatoms. The van der Waals surface area contributed by atoms with E-state index in [0.29, 0.717) is 27.6 Å². The fourth-order valence-electron chi connectivity index (χ4n) is 2.53. The summed E-state index contributed by atoms with van der Waals surface area (Å²) in [6, 6.07) is 9.69. The van der Waals surface area contributed by atoms with Crippen LogP contribution >= 0.6 is 22.9 Å². The molecule has 0 fully saturated rings. The van der Waals surface area contributed by atoms with Gasteiger partial charge in [-0.2, -0.15) is 13.2 Å². The normalized spacial score (nSPS) is 11.7. The predicted molar refractivity (Wildman–Crippen MR) is 102 cm³/mol. The molecule has 0 saturated carbocycles. The lowest BCUT2D eigenvalue weighted by atomic mass is 10.2. The monoisotopic (exact) mass is 421 g/mol. The SMILES string of the molecule is FC(F)(F)c1ccc(Nc2ncnc3sc(Cc4ccccc4Cl)nc23)nc1. The van der Waals surface area contributed by atoms with E-state index in [0.717, 1.165) is 22.8 Å². The van der Waals surface area contributed by atoms with E-state index in [-0.39, 0.29) is 5.82 Å². The summed E-state index contributed by atoms with van der Waals surface area (Å²) in [6.07, 6.45) is -1.76. The molecule has 0 unspecified atom stereocenters. The average molecular weight is 422 g/mol. The van der Waals surface area contributed by atoms with Crippen LogP contribution in [0.25, 0.3) is 10.3 Å².